The van der Waals surface area contributed by atoms with Crippen molar-refractivity contribution in [2.75, 3.05) is 26.4 Å². The van der Waals surface area contributed by atoms with Crippen LogP contribution in [-0.2, 0) is 42.2 Å². The molecule has 3 atom stereocenters. The summed E-state index contributed by atoms with van der Waals surface area (Å²) in [6, 6.07) is 0. The second-order valence-corrected chi connectivity index (χ2v) is 20.5. The summed E-state index contributed by atoms with van der Waals surface area (Å²) in [5.74, 6) is -1.49. The first-order chi connectivity index (χ1) is 35.2. The van der Waals surface area contributed by atoms with Crippen molar-refractivity contribution in [1.82, 2.24) is 0 Å². The van der Waals surface area contributed by atoms with Crippen LogP contribution in [0.3, 0.4) is 0 Å². The van der Waals surface area contributed by atoms with Crippen molar-refractivity contribution >= 4 is 25.7 Å². The van der Waals surface area contributed by atoms with E-state index in [1.807, 2.05) is 0 Å². The van der Waals surface area contributed by atoms with E-state index >= 15 is 0 Å². The minimum Gasteiger partial charge on any atom is -0.462 e. The summed E-state index contributed by atoms with van der Waals surface area (Å²) in [5, 5.41) is 9.81. The predicted octanol–water partition coefficient (Wildman–Crippen LogP) is 16.9. The number of ether oxygens (including phenoxy) is 3. The van der Waals surface area contributed by atoms with Gasteiger partial charge in [0.05, 0.1) is 19.8 Å². The monoisotopic (exact) mass is 1030 g/mol. The number of hydrogen-bond donors (Lipinski definition) is 2. The number of allylic oxidation sites excluding steroid dienone is 12. The van der Waals surface area contributed by atoms with Crippen molar-refractivity contribution in [3.8, 4) is 0 Å². The highest BCUT2D eigenvalue weighted by Crippen LogP contribution is 2.43. The zero-order valence-corrected chi connectivity index (χ0v) is 46.8. The van der Waals surface area contributed by atoms with Crippen LogP contribution in [0.15, 0.2) is 72.9 Å². The normalized spacial score (nSPS) is 13.9. The number of unbranched alkanes of at least 4 members (excludes halogenated alkanes) is 24. The van der Waals surface area contributed by atoms with E-state index in [1.165, 1.54) is 70.6 Å². The topological polar surface area (TPSA) is 155 Å². The molecule has 416 valence electrons. The molecule has 3 unspecified atom stereocenters. The van der Waals surface area contributed by atoms with Crippen LogP contribution >= 0.6 is 7.82 Å². The van der Waals surface area contributed by atoms with Gasteiger partial charge in [0.1, 0.15) is 12.7 Å². The van der Waals surface area contributed by atoms with Crippen molar-refractivity contribution in [2.45, 2.75) is 264 Å². The Morgan fingerprint density at radius 1 is 0.403 bits per heavy atom. The van der Waals surface area contributed by atoms with Gasteiger partial charge in [0.15, 0.2) is 6.10 Å². The van der Waals surface area contributed by atoms with Crippen LogP contribution in [0.5, 0.6) is 0 Å². The molecule has 72 heavy (non-hydrogen) atoms. The summed E-state index contributed by atoms with van der Waals surface area (Å²) < 4.78 is 39.5. The van der Waals surface area contributed by atoms with Crippen molar-refractivity contribution in [1.29, 1.82) is 0 Å². The van der Waals surface area contributed by atoms with Gasteiger partial charge in [-0.15, -0.1) is 0 Å². The number of rotatable bonds is 53. The third-order valence-electron chi connectivity index (χ3n) is 12.1. The second kappa shape index (κ2) is 54.2. The van der Waals surface area contributed by atoms with Gasteiger partial charge in [0.2, 0.25) is 0 Å². The number of aliphatic hydroxyl groups excluding tert-OH is 1. The lowest BCUT2D eigenvalue weighted by atomic mass is 10.1. The maximum absolute atomic E-state index is 12.9. The van der Waals surface area contributed by atoms with Gasteiger partial charge in [-0.3, -0.25) is 23.4 Å². The van der Waals surface area contributed by atoms with Crippen molar-refractivity contribution in [3.63, 3.8) is 0 Å². The molecule has 0 heterocycles. The van der Waals surface area contributed by atoms with E-state index < -0.39 is 57.8 Å². The van der Waals surface area contributed by atoms with Crippen LogP contribution in [0.2, 0.25) is 0 Å². The van der Waals surface area contributed by atoms with Crippen LogP contribution in [0.25, 0.3) is 0 Å². The zero-order chi connectivity index (χ0) is 52.7. The molecule has 0 aliphatic heterocycles. The molecule has 0 saturated heterocycles. The quantitative estimate of drug-likeness (QED) is 0.0197. The fraction of sp³-hybridized carbons (Fsp3) is 0.750. The number of esters is 3. The SMILES string of the molecule is CC/C=C\C/C=C\C/C=C\CCCCCCCC(=O)OC(CO)COP(=O)(O)OCC(COC(=O)CCCCCCC/C=C\CCCC)OC(=O)CCCCCCCCCCC/C=C\C/C=C\CCCCC. The molecule has 0 aliphatic carbocycles. The number of carbonyl (C=O) groups excluding carboxylic acids is 3. The molecule has 0 amide bonds. The van der Waals surface area contributed by atoms with Crippen LogP contribution in [-0.4, -0.2) is 66.5 Å². The molecule has 11 nitrogen and oxygen atoms in total. The summed E-state index contributed by atoms with van der Waals surface area (Å²) >= 11 is 0. The summed E-state index contributed by atoms with van der Waals surface area (Å²) in [6.07, 6.45) is 60.0. The van der Waals surface area contributed by atoms with Gasteiger partial charge in [0.25, 0.3) is 0 Å². The fourth-order valence-electron chi connectivity index (χ4n) is 7.68. The van der Waals surface area contributed by atoms with E-state index in [0.717, 1.165) is 122 Å². The Balaban J connectivity index is 4.70. The number of phosphoric ester groups is 1. The molecule has 0 radical (unpaired) electrons. The standard InChI is InChI=1S/C60H105O11P/c1-4-7-10-13-16-19-22-24-26-27-28-29-31-33-36-39-42-45-48-51-60(64)71-57(53-67-58(62)49-46-43-40-37-34-21-18-15-12-9-6-3)55-69-72(65,66)68-54-56(52-61)70-59(63)50-47-44-41-38-35-32-30-25-23-20-17-14-11-8-5-2/h8,11,15-20,24-26,30,56-57,61H,4-7,9-10,12-14,21-23,27-29,31-55H2,1-3H3,(H,65,66)/b11-8-,18-15-,19-16-,20-17-,26-24-,30-25-. The second-order valence-electron chi connectivity index (χ2n) is 19.1. The van der Waals surface area contributed by atoms with Gasteiger partial charge >= 0.3 is 25.7 Å². The summed E-state index contributed by atoms with van der Waals surface area (Å²) in [4.78, 5) is 48.5. The number of phosphoric acid groups is 1. The molecule has 12 heteroatoms. The Morgan fingerprint density at radius 2 is 0.736 bits per heavy atom. The van der Waals surface area contributed by atoms with E-state index in [-0.39, 0.29) is 25.9 Å². The van der Waals surface area contributed by atoms with Gasteiger partial charge < -0.3 is 24.2 Å². The third kappa shape index (κ3) is 51.8. The Labute approximate surface area is 439 Å². The molecular weight excluding hydrogens is 928 g/mol. The van der Waals surface area contributed by atoms with Crippen molar-refractivity contribution in [3.05, 3.63) is 72.9 Å². The largest absolute Gasteiger partial charge is 0.472 e. The van der Waals surface area contributed by atoms with Crippen molar-refractivity contribution < 1.29 is 52.2 Å². The minimum atomic E-state index is -4.75. The molecule has 0 aromatic heterocycles. The van der Waals surface area contributed by atoms with Gasteiger partial charge in [-0.2, -0.15) is 0 Å². The Hall–Kier alpha value is -3.08. The Morgan fingerprint density at radius 3 is 1.17 bits per heavy atom. The highest BCUT2D eigenvalue weighted by Gasteiger charge is 2.28. The van der Waals surface area contributed by atoms with E-state index in [1.54, 1.807) is 0 Å². The number of carbonyl (C=O) groups is 3. The van der Waals surface area contributed by atoms with Crippen molar-refractivity contribution in [2.24, 2.45) is 0 Å². The lowest BCUT2D eigenvalue weighted by Crippen LogP contribution is -2.30. The van der Waals surface area contributed by atoms with Crippen LogP contribution in [0.4, 0.5) is 0 Å². The molecule has 0 aromatic rings. The molecule has 0 bridgehead atoms. The zero-order valence-electron chi connectivity index (χ0n) is 45.9. The fourth-order valence-corrected chi connectivity index (χ4v) is 8.46. The first kappa shape index (κ1) is 68.9. The Bertz CT molecular complexity index is 1490. The first-order valence-corrected chi connectivity index (χ1v) is 30.3. The minimum absolute atomic E-state index is 0.156. The van der Waals surface area contributed by atoms with Gasteiger partial charge in [-0.05, 0) is 103 Å². The lowest BCUT2D eigenvalue weighted by Gasteiger charge is -2.21. The average Bonchev–Trinajstić information content (AvgIpc) is 3.37. The van der Waals surface area contributed by atoms with Gasteiger partial charge in [-0.25, -0.2) is 4.57 Å². The highest BCUT2D eigenvalue weighted by atomic mass is 31.2. The Kier molecular flexibility index (Phi) is 51.9. The van der Waals surface area contributed by atoms with Crippen LogP contribution in [0.1, 0.15) is 252 Å². The predicted molar refractivity (Wildman–Crippen MR) is 298 cm³/mol. The first-order valence-electron chi connectivity index (χ1n) is 28.8. The highest BCUT2D eigenvalue weighted by molar-refractivity contribution is 7.47. The third-order valence-corrected chi connectivity index (χ3v) is 13.0. The van der Waals surface area contributed by atoms with E-state index in [2.05, 4.69) is 93.7 Å². The van der Waals surface area contributed by atoms with E-state index in [4.69, 9.17) is 23.3 Å². The van der Waals surface area contributed by atoms with Crippen LogP contribution in [0, 0.1) is 0 Å². The maximum atomic E-state index is 12.9. The van der Waals surface area contributed by atoms with E-state index in [0.29, 0.717) is 19.3 Å². The molecule has 0 fully saturated rings. The summed E-state index contributed by atoms with van der Waals surface area (Å²) in [7, 11) is -4.75. The van der Waals surface area contributed by atoms with Crippen LogP contribution < -0.4 is 0 Å². The molecule has 0 aliphatic rings. The summed E-state index contributed by atoms with van der Waals surface area (Å²) in [6.45, 7) is 4.44. The molecular formula is C60H105O11P. The molecule has 0 rings (SSSR count). The van der Waals surface area contributed by atoms with Gasteiger partial charge in [0, 0.05) is 19.3 Å². The smallest absolute Gasteiger partial charge is 0.462 e. The van der Waals surface area contributed by atoms with Gasteiger partial charge in [-0.1, -0.05) is 203 Å². The average molecular weight is 1030 g/mol. The number of hydrogen-bond acceptors (Lipinski definition) is 10. The molecule has 0 spiro atoms. The maximum Gasteiger partial charge on any atom is 0.472 e. The van der Waals surface area contributed by atoms with E-state index in [9.17, 15) is 28.9 Å². The summed E-state index contributed by atoms with van der Waals surface area (Å²) in [5.41, 5.74) is 0. The number of aliphatic hydroxyl groups is 1. The lowest BCUT2D eigenvalue weighted by molar-refractivity contribution is -0.161. The molecule has 0 saturated carbocycles. The molecule has 2 N–H and O–H groups in total. The molecule has 0 aromatic carbocycles.